The minimum atomic E-state index is 0.0746. The van der Waals surface area contributed by atoms with E-state index in [2.05, 4.69) is 34.9 Å². The van der Waals surface area contributed by atoms with Crippen molar-refractivity contribution in [3.8, 4) is 5.75 Å². The van der Waals surface area contributed by atoms with Crippen molar-refractivity contribution in [2.75, 3.05) is 0 Å². The molecule has 6 heteroatoms. The molecule has 1 fully saturated rings. The lowest BCUT2D eigenvalue weighted by Gasteiger charge is -2.32. The first-order valence-corrected chi connectivity index (χ1v) is 7.38. The summed E-state index contributed by atoms with van der Waals surface area (Å²) in [5, 5.41) is 11.7. The molecule has 1 aromatic carbocycles. The Kier molecular flexibility index (Phi) is 4.88. The zero-order chi connectivity index (χ0) is 14.7. The Morgan fingerprint density at radius 1 is 1.40 bits per heavy atom. The second-order valence-corrected chi connectivity index (χ2v) is 5.95. The summed E-state index contributed by atoms with van der Waals surface area (Å²) in [5.74, 6) is 0.830. The molecule has 5 nitrogen and oxygen atoms in total. The van der Waals surface area contributed by atoms with Gasteiger partial charge in [0, 0.05) is 18.4 Å². The van der Waals surface area contributed by atoms with E-state index in [0.717, 1.165) is 23.1 Å². The van der Waals surface area contributed by atoms with Crippen molar-refractivity contribution in [2.24, 2.45) is 10.9 Å². The minimum absolute atomic E-state index is 0.0746. The van der Waals surface area contributed by atoms with E-state index in [1.54, 1.807) is 12.1 Å². The number of nitrogens with two attached hydrogens (primary N) is 1. The lowest BCUT2D eigenvalue weighted by atomic mass is 10.0. The number of hydrogen-bond donors (Lipinski definition) is 2. The maximum Gasteiger partial charge on any atom is 0.170 e. The second kappa shape index (κ2) is 6.45. The van der Waals surface area contributed by atoms with Gasteiger partial charge in [0.2, 0.25) is 0 Å². The highest BCUT2D eigenvalue weighted by Crippen LogP contribution is 2.30. The molecule has 1 aliphatic rings. The zero-order valence-corrected chi connectivity index (χ0v) is 13.1. The molecule has 2 rings (SSSR count). The van der Waals surface area contributed by atoms with Crippen molar-refractivity contribution in [1.29, 1.82) is 0 Å². The SMILES string of the molecule is CC1CC(Oc2ccc(/C(N)=N/O)cc2Br)CC(C)O1. The number of rotatable bonds is 3. The maximum absolute atomic E-state index is 8.67. The minimum Gasteiger partial charge on any atom is -0.489 e. The van der Waals surface area contributed by atoms with Crippen molar-refractivity contribution < 1.29 is 14.7 Å². The molecule has 110 valence electrons. The van der Waals surface area contributed by atoms with Crippen LogP contribution in [0, 0.1) is 0 Å². The third-order valence-corrected chi connectivity index (χ3v) is 3.90. The molecule has 2 unspecified atom stereocenters. The van der Waals surface area contributed by atoms with Gasteiger partial charge in [-0.15, -0.1) is 0 Å². The molecule has 0 aromatic heterocycles. The standard InChI is InChI=1S/C14H19BrN2O3/c1-8-5-11(6-9(2)19-8)20-13-4-3-10(7-12(13)15)14(16)17-18/h3-4,7-9,11,18H,5-6H2,1-2H3,(H2,16,17). The Morgan fingerprint density at radius 2 is 2.05 bits per heavy atom. The molecule has 2 atom stereocenters. The quantitative estimate of drug-likeness (QED) is 0.383. The summed E-state index contributed by atoms with van der Waals surface area (Å²) in [5.41, 5.74) is 6.19. The highest BCUT2D eigenvalue weighted by atomic mass is 79.9. The normalized spacial score (nSPS) is 27.4. The van der Waals surface area contributed by atoms with E-state index in [-0.39, 0.29) is 24.1 Å². The van der Waals surface area contributed by atoms with Gasteiger partial charge in [-0.25, -0.2) is 0 Å². The van der Waals surface area contributed by atoms with Crippen molar-refractivity contribution >= 4 is 21.8 Å². The first kappa shape index (κ1) is 15.1. The lowest BCUT2D eigenvalue weighted by Crippen LogP contribution is -2.35. The third kappa shape index (κ3) is 3.64. The van der Waals surface area contributed by atoms with Crippen LogP contribution in [0.5, 0.6) is 5.75 Å². The van der Waals surface area contributed by atoms with Crippen LogP contribution in [-0.2, 0) is 4.74 Å². The summed E-state index contributed by atoms with van der Waals surface area (Å²) >= 11 is 3.45. The van der Waals surface area contributed by atoms with Crippen LogP contribution in [-0.4, -0.2) is 29.4 Å². The van der Waals surface area contributed by atoms with Crippen LogP contribution in [0.4, 0.5) is 0 Å². The Hall–Kier alpha value is -1.27. The number of benzene rings is 1. The summed E-state index contributed by atoms with van der Waals surface area (Å²) in [6, 6.07) is 5.36. The van der Waals surface area contributed by atoms with Gasteiger partial charge in [0.05, 0.1) is 16.7 Å². The topological polar surface area (TPSA) is 77.1 Å². The maximum atomic E-state index is 8.67. The van der Waals surface area contributed by atoms with E-state index in [9.17, 15) is 0 Å². The van der Waals surface area contributed by atoms with Gasteiger partial charge in [-0.2, -0.15) is 0 Å². The highest BCUT2D eigenvalue weighted by molar-refractivity contribution is 9.10. The van der Waals surface area contributed by atoms with E-state index in [1.807, 2.05) is 6.07 Å². The zero-order valence-electron chi connectivity index (χ0n) is 11.5. The van der Waals surface area contributed by atoms with E-state index < -0.39 is 0 Å². The van der Waals surface area contributed by atoms with Crippen molar-refractivity contribution in [3.05, 3.63) is 28.2 Å². The molecule has 1 aromatic rings. The van der Waals surface area contributed by atoms with Gasteiger partial charge in [-0.1, -0.05) is 5.16 Å². The van der Waals surface area contributed by atoms with Gasteiger partial charge in [-0.05, 0) is 48.0 Å². The van der Waals surface area contributed by atoms with Gasteiger partial charge in [0.1, 0.15) is 11.9 Å². The summed E-state index contributed by atoms with van der Waals surface area (Å²) in [6.07, 6.45) is 2.30. The van der Waals surface area contributed by atoms with Crippen molar-refractivity contribution in [1.82, 2.24) is 0 Å². The van der Waals surface area contributed by atoms with Gasteiger partial charge in [-0.3, -0.25) is 0 Å². The molecule has 0 bridgehead atoms. The van der Waals surface area contributed by atoms with E-state index in [1.165, 1.54) is 0 Å². The summed E-state index contributed by atoms with van der Waals surface area (Å²) in [4.78, 5) is 0. The Balaban J connectivity index is 2.10. The number of nitrogens with zero attached hydrogens (tertiary/aromatic N) is 1. The Labute approximate surface area is 126 Å². The average Bonchev–Trinajstić information content (AvgIpc) is 2.39. The number of ether oxygens (including phenoxy) is 2. The highest BCUT2D eigenvalue weighted by Gasteiger charge is 2.26. The first-order valence-electron chi connectivity index (χ1n) is 6.59. The molecule has 1 saturated heterocycles. The van der Waals surface area contributed by atoms with Crippen LogP contribution in [0.15, 0.2) is 27.8 Å². The van der Waals surface area contributed by atoms with Crippen LogP contribution in [0.2, 0.25) is 0 Å². The molecule has 0 aliphatic carbocycles. The number of amidine groups is 1. The van der Waals surface area contributed by atoms with Crippen LogP contribution >= 0.6 is 15.9 Å². The number of halogens is 1. The summed E-state index contributed by atoms with van der Waals surface area (Å²) in [6.45, 7) is 4.12. The molecule has 0 radical (unpaired) electrons. The van der Waals surface area contributed by atoms with Gasteiger partial charge >= 0.3 is 0 Å². The largest absolute Gasteiger partial charge is 0.489 e. The summed E-state index contributed by atoms with van der Waals surface area (Å²) in [7, 11) is 0. The smallest absolute Gasteiger partial charge is 0.170 e. The third-order valence-electron chi connectivity index (χ3n) is 3.28. The molecule has 0 saturated carbocycles. The van der Waals surface area contributed by atoms with Gasteiger partial charge < -0.3 is 20.4 Å². The van der Waals surface area contributed by atoms with E-state index >= 15 is 0 Å². The fraction of sp³-hybridized carbons (Fsp3) is 0.500. The molecular formula is C14H19BrN2O3. The van der Waals surface area contributed by atoms with E-state index in [4.69, 9.17) is 20.4 Å². The van der Waals surface area contributed by atoms with Crippen molar-refractivity contribution in [3.63, 3.8) is 0 Å². The van der Waals surface area contributed by atoms with Gasteiger partial charge in [0.25, 0.3) is 0 Å². The predicted molar refractivity (Wildman–Crippen MR) is 80.3 cm³/mol. The Bertz CT molecular complexity index is 497. The molecule has 20 heavy (non-hydrogen) atoms. The number of hydrogen-bond acceptors (Lipinski definition) is 4. The van der Waals surface area contributed by atoms with Crippen LogP contribution in [0.3, 0.4) is 0 Å². The van der Waals surface area contributed by atoms with Crippen LogP contribution in [0.1, 0.15) is 32.3 Å². The Morgan fingerprint density at radius 3 is 2.60 bits per heavy atom. The van der Waals surface area contributed by atoms with Gasteiger partial charge in [0.15, 0.2) is 5.84 Å². The number of oxime groups is 1. The van der Waals surface area contributed by atoms with Crippen molar-refractivity contribution in [2.45, 2.75) is 45.0 Å². The van der Waals surface area contributed by atoms with Crippen LogP contribution < -0.4 is 10.5 Å². The fourth-order valence-corrected chi connectivity index (χ4v) is 2.91. The first-order chi connectivity index (χ1) is 9.49. The summed E-state index contributed by atoms with van der Waals surface area (Å²) < 4.78 is 12.5. The molecular weight excluding hydrogens is 324 g/mol. The molecule has 0 spiro atoms. The average molecular weight is 343 g/mol. The fourth-order valence-electron chi connectivity index (χ4n) is 2.43. The van der Waals surface area contributed by atoms with Crippen LogP contribution in [0.25, 0.3) is 0 Å². The predicted octanol–water partition coefficient (Wildman–Crippen LogP) is 2.88. The molecule has 1 aliphatic heterocycles. The monoisotopic (exact) mass is 342 g/mol. The molecule has 0 amide bonds. The molecule has 3 N–H and O–H groups in total. The lowest BCUT2D eigenvalue weighted by molar-refractivity contribution is -0.0722. The second-order valence-electron chi connectivity index (χ2n) is 5.10. The van der Waals surface area contributed by atoms with E-state index in [0.29, 0.717) is 5.56 Å². The molecule has 1 heterocycles.